The molecule has 0 unspecified atom stereocenters. The number of hydrogen-bond acceptors (Lipinski definition) is 4. The van der Waals surface area contributed by atoms with Crippen LogP contribution in [0.5, 0.6) is 0 Å². The number of amides is 2. The second-order valence-corrected chi connectivity index (χ2v) is 6.77. The smallest absolute Gasteiger partial charge is 0.268 e. The van der Waals surface area contributed by atoms with Gasteiger partial charge >= 0.3 is 0 Å². The summed E-state index contributed by atoms with van der Waals surface area (Å²) in [7, 11) is 1.52. The Balaban J connectivity index is 1.80. The van der Waals surface area contributed by atoms with Crippen molar-refractivity contribution in [2.75, 3.05) is 13.1 Å². The van der Waals surface area contributed by atoms with Crippen molar-refractivity contribution in [1.29, 1.82) is 5.26 Å². The van der Waals surface area contributed by atoms with Gasteiger partial charge in [0.15, 0.2) is 0 Å². The van der Waals surface area contributed by atoms with Crippen LogP contribution in [0, 0.1) is 11.3 Å². The third-order valence-electron chi connectivity index (χ3n) is 4.74. The standard InChI is InChI=1S/C20H18F2N4O3/c1-25-16(27)8-7-15(18(25)13-5-3-2-4-6-13)19(29)24-11-17(28)26-12-20(21,22)9-14(26)10-23/h2-8,14H,9,11-12H2,1H3,(H,24,29)/t14-/m0/s1. The summed E-state index contributed by atoms with van der Waals surface area (Å²) in [5, 5.41) is 11.4. The molecule has 2 aromatic rings. The molecule has 1 aliphatic rings. The number of nitrogens with one attached hydrogen (secondary N) is 1. The largest absolute Gasteiger partial charge is 0.343 e. The molecule has 0 bridgehead atoms. The Hall–Kier alpha value is -3.54. The summed E-state index contributed by atoms with van der Waals surface area (Å²) in [5.41, 5.74) is 0.848. The zero-order valence-corrected chi connectivity index (χ0v) is 15.6. The molecule has 3 rings (SSSR count). The van der Waals surface area contributed by atoms with Crippen LogP contribution in [-0.4, -0.2) is 46.3 Å². The summed E-state index contributed by atoms with van der Waals surface area (Å²) in [6, 6.07) is 11.8. The minimum Gasteiger partial charge on any atom is -0.343 e. The van der Waals surface area contributed by atoms with Gasteiger partial charge in [-0.15, -0.1) is 0 Å². The van der Waals surface area contributed by atoms with Crippen LogP contribution in [0.2, 0.25) is 0 Å². The third-order valence-corrected chi connectivity index (χ3v) is 4.74. The molecule has 1 saturated heterocycles. The Kier molecular flexibility index (Phi) is 5.46. The van der Waals surface area contributed by atoms with Crippen LogP contribution < -0.4 is 10.9 Å². The van der Waals surface area contributed by atoms with Gasteiger partial charge in [-0.3, -0.25) is 14.4 Å². The first-order valence-corrected chi connectivity index (χ1v) is 8.84. The lowest BCUT2D eigenvalue weighted by molar-refractivity contribution is -0.131. The van der Waals surface area contributed by atoms with Gasteiger partial charge < -0.3 is 14.8 Å². The van der Waals surface area contributed by atoms with Gasteiger partial charge in [0.05, 0.1) is 30.4 Å². The van der Waals surface area contributed by atoms with E-state index in [1.165, 1.54) is 23.7 Å². The van der Waals surface area contributed by atoms with Crippen LogP contribution in [0.25, 0.3) is 11.3 Å². The molecule has 0 saturated carbocycles. The Morgan fingerprint density at radius 2 is 1.93 bits per heavy atom. The molecule has 2 heterocycles. The number of hydrogen-bond donors (Lipinski definition) is 1. The normalized spacial score (nSPS) is 17.6. The summed E-state index contributed by atoms with van der Waals surface area (Å²) < 4.78 is 28.3. The average Bonchev–Trinajstić information content (AvgIpc) is 3.03. The molecule has 0 spiro atoms. The number of nitrogens with zero attached hydrogens (tertiary/aromatic N) is 3. The molecule has 1 N–H and O–H groups in total. The number of likely N-dealkylation sites (tertiary alicyclic amines) is 1. The van der Waals surface area contributed by atoms with Gasteiger partial charge in [0.25, 0.3) is 17.4 Å². The first kappa shape index (κ1) is 20.2. The fraction of sp³-hybridized carbons (Fsp3) is 0.300. The number of alkyl halides is 2. The monoisotopic (exact) mass is 400 g/mol. The van der Waals surface area contributed by atoms with E-state index in [0.717, 1.165) is 4.90 Å². The third kappa shape index (κ3) is 4.16. The second-order valence-electron chi connectivity index (χ2n) is 6.77. The highest BCUT2D eigenvalue weighted by Gasteiger charge is 2.47. The maximum atomic E-state index is 13.5. The Labute approximate surface area is 165 Å². The van der Waals surface area contributed by atoms with Crippen LogP contribution >= 0.6 is 0 Å². The van der Waals surface area contributed by atoms with Gasteiger partial charge in [-0.25, -0.2) is 8.78 Å². The van der Waals surface area contributed by atoms with E-state index >= 15 is 0 Å². The number of aromatic nitrogens is 1. The molecule has 1 aliphatic heterocycles. The molecular formula is C20H18F2N4O3. The van der Waals surface area contributed by atoms with Crippen molar-refractivity contribution < 1.29 is 18.4 Å². The van der Waals surface area contributed by atoms with Crippen molar-refractivity contribution in [2.24, 2.45) is 7.05 Å². The number of rotatable bonds is 4. The van der Waals surface area contributed by atoms with Crippen molar-refractivity contribution in [2.45, 2.75) is 18.4 Å². The molecule has 9 heteroatoms. The molecule has 1 atom stereocenters. The molecule has 150 valence electrons. The number of nitriles is 1. The average molecular weight is 400 g/mol. The zero-order valence-electron chi connectivity index (χ0n) is 15.6. The van der Waals surface area contributed by atoms with Gasteiger partial charge in [0.1, 0.15) is 6.04 Å². The maximum Gasteiger partial charge on any atom is 0.268 e. The van der Waals surface area contributed by atoms with E-state index in [2.05, 4.69) is 5.32 Å². The molecule has 7 nitrogen and oxygen atoms in total. The molecule has 1 aromatic heterocycles. The van der Waals surface area contributed by atoms with Crippen LogP contribution in [0.3, 0.4) is 0 Å². The van der Waals surface area contributed by atoms with E-state index in [-0.39, 0.29) is 11.1 Å². The quantitative estimate of drug-likeness (QED) is 0.842. The summed E-state index contributed by atoms with van der Waals surface area (Å²) in [6.07, 6.45) is -0.720. The Morgan fingerprint density at radius 3 is 2.59 bits per heavy atom. The van der Waals surface area contributed by atoms with Crippen molar-refractivity contribution in [3.63, 3.8) is 0 Å². The van der Waals surface area contributed by atoms with E-state index in [4.69, 9.17) is 5.26 Å². The number of halogens is 2. The highest BCUT2D eigenvalue weighted by atomic mass is 19.3. The number of benzene rings is 1. The molecule has 0 radical (unpaired) electrons. The van der Waals surface area contributed by atoms with E-state index in [1.807, 2.05) is 0 Å². The van der Waals surface area contributed by atoms with Crippen molar-refractivity contribution >= 4 is 11.8 Å². The van der Waals surface area contributed by atoms with Crippen LogP contribution in [0.15, 0.2) is 47.3 Å². The zero-order chi connectivity index (χ0) is 21.2. The Bertz CT molecular complexity index is 1040. The highest BCUT2D eigenvalue weighted by Crippen LogP contribution is 2.31. The van der Waals surface area contributed by atoms with Crippen molar-refractivity contribution in [1.82, 2.24) is 14.8 Å². The second kappa shape index (κ2) is 7.83. The fourth-order valence-electron chi connectivity index (χ4n) is 3.31. The predicted octanol–water partition coefficient (Wildman–Crippen LogP) is 1.54. The van der Waals surface area contributed by atoms with Crippen LogP contribution in [0.1, 0.15) is 16.8 Å². The molecule has 0 aliphatic carbocycles. The lowest BCUT2D eigenvalue weighted by Crippen LogP contribution is -2.43. The first-order chi connectivity index (χ1) is 13.7. The maximum absolute atomic E-state index is 13.5. The SMILES string of the molecule is Cn1c(-c2ccccc2)c(C(=O)NCC(=O)N2CC(F)(F)C[C@H]2C#N)ccc1=O. The molecule has 1 fully saturated rings. The van der Waals surface area contributed by atoms with Gasteiger partial charge in [-0.1, -0.05) is 30.3 Å². The minimum absolute atomic E-state index is 0.162. The van der Waals surface area contributed by atoms with Gasteiger partial charge in [0, 0.05) is 19.5 Å². The van der Waals surface area contributed by atoms with E-state index in [0.29, 0.717) is 11.3 Å². The summed E-state index contributed by atoms with van der Waals surface area (Å²) in [6.45, 7) is -1.39. The number of pyridine rings is 1. The first-order valence-electron chi connectivity index (χ1n) is 8.84. The van der Waals surface area contributed by atoms with Crippen LogP contribution in [-0.2, 0) is 11.8 Å². The van der Waals surface area contributed by atoms with E-state index < -0.39 is 43.3 Å². The lowest BCUT2D eigenvalue weighted by atomic mass is 10.0. The molecular weight excluding hydrogens is 382 g/mol. The molecule has 2 amide bonds. The lowest BCUT2D eigenvalue weighted by Gasteiger charge is -2.20. The minimum atomic E-state index is -3.13. The van der Waals surface area contributed by atoms with Crippen molar-refractivity contribution in [3.8, 4) is 17.3 Å². The highest BCUT2D eigenvalue weighted by molar-refractivity contribution is 6.01. The van der Waals surface area contributed by atoms with E-state index in [9.17, 15) is 23.2 Å². The van der Waals surface area contributed by atoms with Gasteiger partial charge in [-0.05, 0) is 11.6 Å². The van der Waals surface area contributed by atoms with E-state index in [1.54, 1.807) is 36.4 Å². The predicted molar refractivity (Wildman–Crippen MR) is 100 cm³/mol. The Morgan fingerprint density at radius 1 is 1.24 bits per heavy atom. The topological polar surface area (TPSA) is 95.2 Å². The van der Waals surface area contributed by atoms with Gasteiger partial charge in [0.2, 0.25) is 5.91 Å². The fourth-order valence-corrected chi connectivity index (χ4v) is 3.31. The summed E-state index contributed by atoms with van der Waals surface area (Å²) >= 11 is 0. The van der Waals surface area contributed by atoms with Gasteiger partial charge in [-0.2, -0.15) is 5.26 Å². The molecule has 29 heavy (non-hydrogen) atoms. The summed E-state index contributed by atoms with van der Waals surface area (Å²) in [5.74, 6) is -4.53. The van der Waals surface area contributed by atoms with Crippen molar-refractivity contribution in [3.05, 3.63) is 58.4 Å². The van der Waals surface area contributed by atoms with Crippen LogP contribution in [0.4, 0.5) is 8.78 Å². The number of carbonyl (C=O) groups is 2. The summed E-state index contributed by atoms with van der Waals surface area (Å²) in [4.78, 5) is 37.8. The molecule has 1 aromatic carbocycles. The number of carbonyl (C=O) groups excluding carboxylic acids is 2.